The van der Waals surface area contributed by atoms with Gasteiger partial charge in [0, 0.05) is 29.6 Å². The molecule has 0 aliphatic heterocycles. The van der Waals surface area contributed by atoms with Crippen molar-refractivity contribution in [2.24, 2.45) is 0 Å². The molecule has 0 unspecified atom stereocenters. The van der Waals surface area contributed by atoms with Gasteiger partial charge < -0.3 is 15.4 Å². The van der Waals surface area contributed by atoms with Crippen molar-refractivity contribution >= 4 is 17.5 Å². The van der Waals surface area contributed by atoms with Crippen LogP contribution < -0.4 is 15.4 Å². The van der Waals surface area contributed by atoms with Crippen molar-refractivity contribution in [1.29, 1.82) is 0 Å². The number of carbonyl (C=O) groups is 2. The molecule has 3 rings (SSSR count). The minimum atomic E-state index is -0.367. The lowest BCUT2D eigenvalue weighted by molar-refractivity contribution is 0.0950. The molecule has 142 valence electrons. The summed E-state index contributed by atoms with van der Waals surface area (Å²) in [5.41, 5.74) is 3.06. The molecule has 1 aromatic heterocycles. The highest BCUT2D eigenvalue weighted by Gasteiger charge is 2.13. The summed E-state index contributed by atoms with van der Waals surface area (Å²) in [5.74, 6) is 0.0442. The number of nitrogens with zero attached hydrogens (tertiary/aromatic N) is 1. The third kappa shape index (κ3) is 4.54. The lowest BCUT2D eigenvalue weighted by atomic mass is 10.1. The highest BCUT2D eigenvalue weighted by atomic mass is 16.5. The maximum atomic E-state index is 12.5. The number of methoxy groups -OCH3 is 1. The van der Waals surface area contributed by atoms with Crippen LogP contribution in [0, 0.1) is 6.92 Å². The molecule has 1 heterocycles. The van der Waals surface area contributed by atoms with Gasteiger partial charge >= 0.3 is 0 Å². The van der Waals surface area contributed by atoms with Crippen molar-refractivity contribution in [2.45, 2.75) is 13.5 Å². The van der Waals surface area contributed by atoms with Crippen LogP contribution in [-0.4, -0.2) is 23.9 Å². The van der Waals surface area contributed by atoms with Gasteiger partial charge in [0.1, 0.15) is 11.4 Å². The van der Waals surface area contributed by atoms with E-state index in [2.05, 4.69) is 15.6 Å². The highest BCUT2D eigenvalue weighted by Crippen LogP contribution is 2.17. The van der Waals surface area contributed by atoms with E-state index in [9.17, 15) is 9.59 Å². The monoisotopic (exact) mass is 375 g/mol. The number of nitrogens with one attached hydrogen (secondary N) is 2. The smallest absolute Gasteiger partial charge is 0.274 e. The van der Waals surface area contributed by atoms with Gasteiger partial charge in [-0.25, -0.2) is 0 Å². The van der Waals surface area contributed by atoms with Crippen molar-refractivity contribution in [3.63, 3.8) is 0 Å². The molecule has 6 nitrogen and oxygen atoms in total. The van der Waals surface area contributed by atoms with Crippen molar-refractivity contribution < 1.29 is 14.3 Å². The number of para-hydroxylation sites is 2. The van der Waals surface area contributed by atoms with Crippen LogP contribution in [-0.2, 0) is 6.54 Å². The Morgan fingerprint density at radius 2 is 1.75 bits per heavy atom. The molecule has 0 aliphatic rings. The number of hydrogen-bond donors (Lipinski definition) is 2. The van der Waals surface area contributed by atoms with Crippen LogP contribution in [0.4, 0.5) is 5.69 Å². The highest BCUT2D eigenvalue weighted by molar-refractivity contribution is 6.05. The van der Waals surface area contributed by atoms with Gasteiger partial charge in [0.25, 0.3) is 11.8 Å². The fraction of sp³-hybridized carbons (Fsp3) is 0.136. The number of benzene rings is 2. The maximum absolute atomic E-state index is 12.5. The Hall–Kier alpha value is -3.67. The number of anilines is 1. The van der Waals surface area contributed by atoms with E-state index in [4.69, 9.17) is 4.74 Å². The van der Waals surface area contributed by atoms with Crippen molar-refractivity contribution in [2.75, 3.05) is 12.4 Å². The summed E-state index contributed by atoms with van der Waals surface area (Å²) in [6.07, 6.45) is 1.45. The van der Waals surface area contributed by atoms with Gasteiger partial charge in [-0.1, -0.05) is 36.4 Å². The number of rotatable bonds is 6. The lowest BCUT2D eigenvalue weighted by Gasteiger charge is -2.10. The first kappa shape index (κ1) is 19.1. The second-order valence-electron chi connectivity index (χ2n) is 6.19. The molecule has 0 spiro atoms. The third-order valence-electron chi connectivity index (χ3n) is 4.28. The quantitative estimate of drug-likeness (QED) is 0.690. The SMILES string of the molecule is COc1ccccc1CNC(=O)c1ccnc(C(=O)Nc2ccccc2C)c1. The molecule has 0 aliphatic carbocycles. The van der Waals surface area contributed by atoms with Crippen LogP contribution in [0.5, 0.6) is 5.75 Å². The zero-order valence-electron chi connectivity index (χ0n) is 15.7. The number of aromatic nitrogens is 1. The molecule has 0 atom stereocenters. The summed E-state index contributed by atoms with van der Waals surface area (Å²) in [5, 5.41) is 5.65. The normalized spacial score (nSPS) is 10.2. The summed E-state index contributed by atoms with van der Waals surface area (Å²) in [6, 6.07) is 18.0. The molecule has 0 radical (unpaired) electrons. The number of hydrogen-bond acceptors (Lipinski definition) is 4. The molecular weight excluding hydrogens is 354 g/mol. The largest absolute Gasteiger partial charge is 0.496 e. The summed E-state index contributed by atoms with van der Waals surface area (Å²) < 4.78 is 5.29. The Morgan fingerprint density at radius 1 is 1.00 bits per heavy atom. The average molecular weight is 375 g/mol. The Balaban J connectivity index is 1.69. The number of ether oxygens (including phenoxy) is 1. The molecule has 0 bridgehead atoms. The Kier molecular flexibility index (Phi) is 6.01. The van der Waals surface area contributed by atoms with Gasteiger partial charge in [-0.2, -0.15) is 0 Å². The maximum Gasteiger partial charge on any atom is 0.274 e. The van der Waals surface area contributed by atoms with E-state index in [-0.39, 0.29) is 17.5 Å². The van der Waals surface area contributed by atoms with E-state index in [1.165, 1.54) is 12.3 Å². The van der Waals surface area contributed by atoms with Crippen LogP contribution in [0.3, 0.4) is 0 Å². The second kappa shape index (κ2) is 8.81. The third-order valence-corrected chi connectivity index (χ3v) is 4.28. The summed E-state index contributed by atoms with van der Waals surface area (Å²) in [7, 11) is 1.59. The van der Waals surface area contributed by atoms with Crippen molar-refractivity contribution in [1.82, 2.24) is 10.3 Å². The van der Waals surface area contributed by atoms with E-state index in [1.807, 2.05) is 55.5 Å². The first-order valence-electron chi connectivity index (χ1n) is 8.81. The topological polar surface area (TPSA) is 80.3 Å². The summed E-state index contributed by atoms with van der Waals surface area (Å²) >= 11 is 0. The fourth-order valence-electron chi connectivity index (χ4n) is 2.72. The van der Waals surface area contributed by atoms with Gasteiger partial charge in [0.2, 0.25) is 0 Å². The van der Waals surface area contributed by atoms with E-state index in [0.717, 1.165) is 11.1 Å². The van der Waals surface area contributed by atoms with Gasteiger partial charge in [0.05, 0.1) is 7.11 Å². The zero-order chi connectivity index (χ0) is 19.9. The second-order valence-corrected chi connectivity index (χ2v) is 6.19. The average Bonchev–Trinajstić information content (AvgIpc) is 2.74. The van der Waals surface area contributed by atoms with Crippen molar-refractivity contribution in [3.8, 4) is 5.75 Å². The predicted octanol–water partition coefficient (Wildman–Crippen LogP) is 3.58. The van der Waals surface area contributed by atoms with Crippen LogP contribution in [0.25, 0.3) is 0 Å². The van der Waals surface area contributed by atoms with Crippen molar-refractivity contribution in [3.05, 3.63) is 89.2 Å². The van der Waals surface area contributed by atoms with Gasteiger partial charge in [-0.3, -0.25) is 14.6 Å². The first-order valence-corrected chi connectivity index (χ1v) is 8.81. The van der Waals surface area contributed by atoms with Gasteiger partial charge in [-0.05, 0) is 36.8 Å². The van der Waals surface area contributed by atoms with E-state index in [1.54, 1.807) is 13.2 Å². The Bertz CT molecular complexity index is 1000. The summed E-state index contributed by atoms with van der Waals surface area (Å²) in [4.78, 5) is 29.1. The van der Waals surface area contributed by atoms with Crippen LogP contribution in [0.15, 0.2) is 66.9 Å². The molecule has 2 aromatic carbocycles. The molecular formula is C22H21N3O3. The van der Waals surface area contributed by atoms with E-state index in [0.29, 0.717) is 23.5 Å². The standard InChI is InChI=1S/C22H21N3O3/c1-15-7-3-5-9-18(15)25-22(27)19-13-16(11-12-23-19)21(26)24-14-17-8-4-6-10-20(17)28-2/h3-13H,14H2,1-2H3,(H,24,26)(H,25,27). The molecule has 0 saturated carbocycles. The molecule has 28 heavy (non-hydrogen) atoms. The molecule has 6 heteroatoms. The number of carbonyl (C=O) groups excluding carboxylic acids is 2. The van der Waals surface area contributed by atoms with E-state index >= 15 is 0 Å². The Labute approximate surface area is 163 Å². The number of amides is 2. The number of pyridine rings is 1. The predicted molar refractivity (Wildman–Crippen MR) is 108 cm³/mol. The van der Waals surface area contributed by atoms with Gasteiger partial charge in [-0.15, -0.1) is 0 Å². The minimum Gasteiger partial charge on any atom is -0.496 e. The zero-order valence-corrected chi connectivity index (χ0v) is 15.7. The Morgan fingerprint density at radius 3 is 2.54 bits per heavy atom. The fourth-order valence-corrected chi connectivity index (χ4v) is 2.72. The molecule has 0 fully saturated rings. The van der Waals surface area contributed by atoms with Crippen LogP contribution >= 0.6 is 0 Å². The number of aryl methyl sites for hydroxylation is 1. The van der Waals surface area contributed by atoms with E-state index < -0.39 is 0 Å². The lowest BCUT2D eigenvalue weighted by Crippen LogP contribution is -2.24. The molecule has 3 aromatic rings. The van der Waals surface area contributed by atoms with Crippen LogP contribution in [0.2, 0.25) is 0 Å². The molecule has 2 N–H and O–H groups in total. The first-order chi connectivity index (χ1) is 13.6. The molecule has 0 saturated heterocycles. The molecule has 2 amide bonds. The van der Waals surface area contributed by atoms with Crippen LogP contribution in [0.1, 0.15) is 32.0 Å². The summed E-state index contributed by atoms with van der Waals surface area (Å²) in [6.45, 7) is 2.22. The van der Waals surface area contributed by atoms with Gasteiger partial charge in [0.15, 0.2) is 0 Å². The minimum absolute atomic E-state index is 0.174.